The Hall–Kier alpha value is -3.78. The van der Waals surface area contributed by atoms with Crippen LogP contribution in [0.4, 0.5) is 0 Å². The number of aromatic amines is 1. The van der Waals surface area contributed by atoms with E-state index in [1.54, 1.807) is 18.2 Å². The number of allylic oxidation sites excluding steroid dienone is 1. The second-order valence-electron chi connectivity index (χ2n) is 6.32. The summed E-state index contributed by atoms with van der Waals surface area (Å²) < 4.78 is 0. The highest BCUT2D eigenvalue weighted by atomic mass is 35.5. The van der Waals surface area contributed by atoms with E-state index >= 15 is 0 Å². The molecule has 154 valence electrons. The Kier molecular flexibility index (Phi) is 6.61. The third kappa shape index (κ3) is 5.04. The van der Waals surface area contributed by atoms with Crippen LogP contribution in [-0.2, 0) is 4.79 Å². The van der Waals surface area contributed by atoms with E-state index in [1.807, 2.05) is 6.07 Å². The second kappa shape index (κ2) is 9.36. The van der Waals surface area contributed by atoms with Gasteiger partial charge >= 0.3 is 0 Å². The van der Waals surface area contributed by atoms with E-state index in [2.05, 4.69) is 27.1 Å². The number of amides is 1. The molecule has 3 aromatic rings. The molecular formula is C22H14Cl2N4O3. The standard InChI is InChI=1S/C22H14Cl2N4O3/c1-12(29)26-8-2-3-13-4-7-19-16(9-13)22(31)28-21(27-19)17(11-25)20(30)15-6-5-14(23)10-18(15)24/h4-7,9-10,30H,8H2,1H3,(H,26,29)(H,27,28,31). The average molecular weight is 453 g/mol. The van der Waals surface area contributed by atoms with Crippen molar-refractivity contribution in [3.8, 4) is 17.9 Å². The third-order valence-corrected chi connectivity index (χ3v) is 4.68. The molecule has 0 saturated carbocycles. The molecule has 0 bridgehead atoms. The molecule has 0 spiro atoms. The molecule has 0 aliphatic heterocycles. The summed E-state index contributed by atoms with van der Waals surface area (Å²) in [5, 5.41) is 23.5. The first-order chi connectivity index (χ1) is 14.8. The molecule has 3 N–H and O–H groups in total. The van der Waals surface area contributed by atoms with Gasteiger partial charge in [-0.1, -0.05) is 35.0 Å². The van der Waals surface area contributed by atoms with Crippen molar-refractivity contribution in [1.29, 1.82) is 5.26 Å². The van der Waals surface area contributed by atoms with Crippen molar-refractivity contribution in [2.45, 2.75) is 6.92 Å². The molecule has 1 heterocycles. The molecule has 2 aromatic carbocycles. The summed E-state index contributed by atoms with van der Waals surface area (Å²) in [6.45, 7) is 1.58. The maximum atomic E-state index is 12.6. The number of benzene rings is 2. The molecular weight excluding hydrogens is 439 g/mol. The van der Waals surface area contributed by atoms with Crippen LogP contribution in [0.3, 0.4) is 0 Å². The minimum atomic E-state index is -0.506. The summed E-state index contributed by atoms with van der Waals surface area (Å²) in [4.78, 5) is 30.3. The molecule has 0 fully saturated rings. The van der Waals surface area contributed by atoms with Crippen molar-refractivity contribution in [2.24, 2.45) is 0 Å². The molecule has 31 heavy (non-hydrogen) atoms. The van der Waals surface area contributed by atoms with Gasteiger partial charge in [-0.3, -0.25) is 9.59 Å². The van der Waals surface area contributed by atoms with Gasteiger partial charge in [0, 0.05) is 23.1 Å². The van der Waals surface area contributed by atoms with Crippen molar-refractivity contribution < 1.29 is 9.90 Å². The highest BCUT2D eigenvalue weighted by Crippen LogP contribution is 2.29. The largest absolute Gasteiger partial charge is 0.506 e. The third-order valence-electron chi connectivity index (χ3n) is 4.14. The van der Waals surface area contributed by atoms with Crippen LogP contribution in [-0.4, -0.2) is 27.5 Å². The second-order valence-corrected chi connectivity index (χ2v) is 7.16. The first-order valence-electron chi connectivity index (χ1n) is 8.86. The lowest BCUT2D eigenvalue weighted by Crippen LogP contribution is -2.19. The number of nitrogens with one attached hydrogen (secondary N) is 2. The number of fused-ring (bicyclic) bond motifs is 1. The fraction of sp³-hybridized carbons (Fsp3) is 0.0909. The lowest BCUT2D eigenvalue weighted by Gasteiger charge is -2.08. The van der Waals surface area contributed by atoms with Gasteiger partial charge in [-0.2, -0.15) is 5.26 Å². The normalized spacial score (nSPS) is 11.2. The molecule has 0 saturated heterocycles. The van der Waals surface area contributed by atoms with E-state index in [-0.39, 0.29) is 39.8 Å². The Morgan fingerprint density at radius 2 is 2.03 bits per heavy atom. The smallest absolute Gasteiger partial charge is 0.259 e. The maximum Gasteiger partial charge on any atom is 0.259 e. The number of aromatic nitrogens is 2. The topological polar surface area (TPSA) is 119 Å². The molecule has 7 nitrogen and oxygen atoms in total. The minimum absolute atomic E-state index is 0.104. The van der Waals surface area contributed by atoms with E-state index in [0.717, 1.165) is 0 Å². The molecule has 0 aliphatic carbocycles. The monoisotopic (exact) mass is 452 g/mol. The molecule has 1 amide bonds. The summed E-state index contributed by atoms with van der Waals surface area (Å²) >= 11 is 12.0. The maximum absolute atomic E-state index is 12.6. The highest BCUT2D eigenvalue weighted by molar-refractivity contribution is 6.35. The van der Waals surface area contributed by atoms with Crippen molar-refractivity contribution in [1.82, 2.24) is 15.3 Å². The van der Waals surface area contributed by atoms with E-state index in [9.17, 15) is 20.0 Å². The van der Waals surface area contributed by atoms with Gasteiger partial charge in [-0.15, -0.1) is 0 Å². The van der Waals surface area contributed by atoms with Crippen LogP contribution in [0.1, 0.15) is 23.9 Å². The van der Waals surface area contributed by atoms with Gasteiger partial charge in [0.2, 0.25) is 5.91 Å². The highest BCUT2D eigenvalue weighted by Gasteiger charge is 2.17. The predicted molar refractivity (Wildman–Crippen MR) is 119 cm³/mol. The molecule has 1 aromatic heterocycles. The summed E-state index contributed by atoms with van der Waals surface area (Å²) in [7, 11) is 0. The molecule has 0 atom stereocenters. The van der Waals surface area contributed by atoms with Crippen LogP contribution in [0.5, 0.6) is 0 Å². The van der Waals surface area contributed by atoms with Crippen LogP contribution in [0.2, 0.25) is 10.0 Å². The number of nitriles is 1. The first kappa shape index (κ1) is 21.9. The molecule has 0 radical (unpaired) electrons. The lowest BCUT2D eigenvalue weighted by atomic mass is 10.1. The molecule has 0 unspecified atom stereocenters. The SMILES string of the molecule is CC(=O)NCC#Cc1ccc2nc(C(C#N)=C(O)c3ccc(Cl)cc3Cl)[nH]c(=O)c2c1. The molecule has 3 rings (SSSR count). The number of H-pyrrole nitrogens is 1. The van der Waals surface area contributed by atoms with Gasteiger partial charge in [0.15, 0.2) is 5.82 Å². The average Bonchev–Trinajstić information content (AvgIpc) is 2.72. The minimum Gasteiger partial charge on any atom is -0.506 e. The van der Waals surface area contributed by atoms with Gasteiger partial charge in [-0.25, -0.2) is 4.98 Å². The molecule has 0 aliphatic rings. The predicted octanol–water partition coefficient (Wildman–Crippen LogP) is 3.67. The van der Waals surface area contributed by atoms with E-state index in [4.69, 9.17) is 23.2 Å². The van der Waals surface area contributed by atoms with Gasteiger partial charge < -0.3 is 15.4 Å². The number of aliphatic hydroxyl groups excluding tert-OH is 1. The lowest BCUT2D eigenvalue weighted by molar-refractivity contribution is -0.118. The van der Waals surface area contributed by atoms with E-state index < -0.39 is 11.3 Å². The van der Waals surface area contributed by atoms with E-state index in [0.29, 0.717) is 16.1 Å². The van der Waals surface area contributed by atoms with Crippen LogP contribution in [0.25, 0.3) is 22.2 Å². The fourth-order valence-electron chi connectivity index (χ4n) is 2.68. The number of nitrogens with zero attached hydrogens (tertiary/aromatic N) is 2. The Morgan fingerprint density at radius 3 is 2.71 bits per heavy atom. The van der Waals surface area contributed by atoms with Gasteiger partial charge in [-0.05, 0) is 36.4 Å². The van der Waals surface area contributed by atoms with Crippen LogP contribution < -0.4 is 10.9 Å². The van der Waals surface area contributed by atoms with Gasteiger partial charge in [0.25, 0.3) is 5.56 Å². The summed E-state index contributed by atoms with van der Waals surface area (Å²) in [5.74, 6) is 4.89. The number of carbonyl (C=O) groups excluding carboxylic acids is 1. The Balaban J connectivity index is 2.05. The van der Waals surface area contributed by atoms with Crippen molar-refractivity contribution >= 4 is 51.3 Å². The van der Waals surface area contributed by atoms with Crippen molar-refractivity contribution in [3.05, 3.63) is 73.7 Å². The van der Waals surface area contributed by atoms with Crippen LogP contribution in [0, 0.1) is 23.2 Å². The Morgan fingerprint density at radius 1 is 1.26 bits per heavy atom. The molecule has 9 heteroatoms. The Bertz CT molecular complexity index is 1390. The zero-order chi connectivity index (χ0) is 22.5. The van der Waals surface area contributed by atoms with Crippen LogP contribution in [0.15, 0.2) is 41.2 Å². The number of carbonyl (C=O) groups is 1. The van der Waals surface area contributed by atoms with Gasteiger partial charge in [0.1, 0.15) is 17.4 Å². The van der Waals surface area contributed by atoms with E-state index in [1.165, 1.54) is 25.1 Å². The van der Waals surface area contributed by atoms with Crippen molar-refractivity contribution in [2.75, 3.05) is 6.54 Å². The number of rotatable bonds is 3. The van der Waals surface area contributed by atoms with Gasteiger partial charge in [0.05, 0.1) is 22.5 Å². The van der Waals surface area contributed by atoms with Crippen LogP contribution >= 0.6 is 23.2 Å². The summed E-state index contributed by atoms with van der Waals surface area (Å²) in [6, 6.07) is 11.0. The zero-order valence-electron chi connectivity index (χ0n) is 16.1. The zero-order valence-corrected chi connectivity index (χ0v) is 17.6. The number of halogens is 2. The fourth-order valence-corrected chi connectivity index (χ4v) is 3.18. The number of hydrogen-bond acceptors (Lipinski definition) is 5. The first-order valence-corrected chi connectivity index (χ1v) is 9.62. The quantitative estimate of drug-likeness (QED) is 0.318. The summed E-state index contributed by atoms with van der Waals surface area (Å²) in [6.07, 6.45) is 0. The number of aliphatic hydroxyl groups is 1. The number of hydrogen-bond donors (Lipinski definition) is 3. The Labute approximate surface area is 187 Å². The summed E-state index contributed by atoms with van der Waals surface area (Å²) in [5.41, 5.74) is 0.296. The van der Waals surface area contributed by atoms with Crippen molar-refractivity contribution in [3.63, 3.8) is 0 Å².